The highest BCUT2D eigenvalue weighted by Gasteiger charge is 2.33. The molecule has 0 unspecified atom stereocenters. The van der Waals surface area contributed by atoms with Crippen molar-refractivity contribution in [2.24, 2.45) is 0 Å². The quantitative estimate of drug-likeness (QED) is 0.905. The van der Waals surface area contributed by atoms with E-state index in [1.54, 1.807) is 17.5 Å². The van der Waals surface area contributed by atoms with Gasteiger partial charge in [0, 0.05) is 10.9 Å². The van der Waals surface area contributed by atoms with Crippen molar-refractivity contribution >= 4 is 22.4 Å². The van der Waals surface area contributed by atoms with Crippen LogP contribution in [0.25, 0.3) is 11.3 Å². The molecule has 4 nitrogen and oxygen atoms in total. The molecule has 6 heteroatoms. The third-order valence-electron chi connectivity index (χ3n) is 3.89. The Kier molecular flexibility index (Phi) is 4.22. The molecular weight excluding hydrogens is 303 g/mol. The Morgan fingerprint density at radius 1 is 1.41 bits per heavy atom. The Bertz CT molecular complexity index is 680. The smallest absolute Gasteiger partial charge is 0.229 e. The van der Waals surface area contributed by atoms with E-state index in [0.29, 0.717) is 29.2 Å². The molecule has 1 saturated carbocycles. The van der Waals surface area contributed by atoms with Crippen LogP contribution >= 0.6 is 11.3 Å². The van der Waals surface area contributed by atoms with E-state index in [2.05, 4.69) is 10.3 Å². The molecule has 2 N–H and O–H groups in total. The largest absolute Gasteiger partial charge is 0.389 e. The standard InChI is InChI=1S/C16H17FN2O2S/c17-12-5-3-4-11(8-12)13-10-22-15(18-13)19-14(20)9-16(21)6-1-2-7-16/h3-5,8,10,21H,1-2,6-7,9H2,(H,18,19,20). The first-order chi connectivity index (χ1) is 10.5. The van der Waals surface area contributed by atoms with Crippen LogP contribution in [-0.4, -0.2) is 21.6 Å². The van der Waals surface area contributed by atoms with Crippen LogP contribution in [0.2, 0.25) is 0 Å². The lowest BCUT2D eigenvalue weighted by Crippen LogP contribution is -2.30. The van der Waals surface area contributed by atoms with Gasteiger partial charge in [-0.3, -0.25) is 4.79 Å². The fourth-order valence-corrected chi connectivity index (χ4v) is 3.52. The minimum Gasteiger partial charge on any atom is -0.389 e. The highest BCUT2D eigenvalue weighted by atomic mass is 32.1. The van der Waals surface area contributed by atoms with E-state index < -0.39 is 5.60 Å². The lowest BCUT2D eigenvalue weighted by Gasteiger charge is -2.20. The molecule has 1 fully saturated rings. The van der Waals surface area contributed by atoms with Gasteiger partial charge in [0.1, 0.15) is 5.82 Å². The van der Waals surface area contributed by atoms with Crippen LogP contribution < -0.4 is 5.32 Å². The van der Waals surface area contributed by atoms with Gasteiger partial charge in [-0.15, -0.1) is 11.3 Å². The van der Waals surface area contributed by atoms with Crippen LogP contribution in [0.5, 0.6) is 0 Å². The number of nitrogens with zero attached hydrogens (tertiary/aromatic N) is 1. The third kappa shape index (κ3) is 3.51. The molecule has 0 saturated heterocycles. The minimum absolute atomic E-state index is 0.0991. The topological polar surface area (TPSA) is 62.2 Å². The van der Waals surface area contributed by atoms with Gasteiger partial charge in [-0.1, -0.05) is 25.0 Å². The molecule has 1 heterocycles. The van der Waals surface area contributed by atoms with Crippen LogP contribution in [-0.2, 0) is 4.79 Å². The first kappa shape index (κ1) is 15.1. The van der Waals surface area contributed by atoms with Crippen LogP contribution in [0.4, 0.5) is 9.52 Å². The minimum atomic E-state index is -0.868. The monoisotopic (exact) mass is 320 g/mol. The number of benzene rings is 1. The van der Waals surface area contributed by atoms with E-state index in [-0.39, 0.29) is 18.1 Å². The van der Waals surface area contributed by atoms with Gasteiger partial charge in [-0.25, -0.2) is 9.37 Å². The van der Waals surface area contributed by atoms with Crippen LogP contribution in [0.15, 0.2) is 29.6 Å². The fourth-order valence-electron chi connectivity index (χ4n) is 2.78. The number of amides is 1. The van der Waals surface area contributed by atoms with Crippen molar-refractivity contribution in [3.8, 4) is 11.3 Å². The average molecular weight is 320 g/mol. The molecule has 0 bridgehead atoms. The lowest BCUT2D eigenvalue weighted by molar-refractivity contribution is -0.120. The number of rotatable bonds is 4. The average Bonchev–Trinajstić information content (AvgIpc) is 3.08. The second kappa shape index (κ2) is 6.14. The van der Waals surface area contributed by atoms with E-state index in [1.165, 1.54) is 23.5 Å². The van der Waals surface area contributed by atoms with Crippen LogP contribution in [0, 0.1) is 5.82 Å². The molecule has 116 valence electrons. The number of anilines is 1. The normalized spacial score (nSPS) is 16.6. The summed E-state index contributed by atoms with van der Waals surface area (Å²) in [5.74, 6) is -0.552. The zero-order chi connectivity index (χ0) is 15.6. The third-order valence-corrected chi connectivity index (χ3v) is 4.65. The summed E-state index contributed by atoms with van der Waals surface area (Å²) in [5, 5.41) is 15.2. The first-order valence-corrected chi connectivity index (χ1v) is 8.16. The van der Waals surface area contributed by atoms with Gasteiger partial charge in [0.2, 0.25) is 5.91 Å². The first-order valence-electron chi connectivity index (χ1n) is 7.28. The molecule has 3 rings (SSSR count). The molecular formula is C16H17FN2O2S. The van der Waals surface area contributed by atoms with Gasteiger partial charge in [0.05, 0.1) is 17.7 Å². The highest BCUT2D eigenvalue weighted by Crippen LogP contribution is 2.33. The maximum atomic E-state index is 13.2. The molecule has 0 atom stereocenters. The summed E-state index contributed by atoms with van der Waals surface area (Å²) in [5.41, 5.74) is 0.428. The van der Waals surface area contributed by atoms with Crippen molar-refractivity contribution in [2.45, 2.75) is 37.7 Å². The van der Waals surface area contributed by atoms with Crippen molar-refractivity contribution in [1.82, 2.24) is 4.98 Å². The number of thiazole rings is 1. The van der Waals surface area contributed by atoms with Crippen molar-refractivity contribution in [2.75, 3.05) is 5.32 Å². The summed E-state index contributed by atoms with van der Waals surface area (Å²) < 4.78 is 13.2. The Balaban J connectivity index is 1.65. The van der Waals surface area contributed by atoms with Crippen molar-refractivity contribution in [3.05, 3.63) is 35.5 Å². The highest BCUT2D eigenvalue weighted by molar-refractivity contribution is 7.14. The van der Waals surface area contributed by atoms with Crippen molar-refractivity contribution < 1.29 is 14.3 Å². The number of carbonyl (C=O) groups excluding carboxylic acids is 1. The second-order valence-electron chi connectivity index (χ2n) is 5.70. The number of halogens is 1. The summed E-state index contributed by atoms with van der Waals surface area (Å²) in [4.78, 5) is 16.3. The molecule has 1 amide bonds. The second-order valence-corrected chi connectivity index (χ2v) is 6.56. The van der Waals surface area contributed by atoms with Gasteiger partial charge in [-0.05, 0) is 25.0 Å². The maximum Gasteiger partial charge on any atom is 0.229 e. The van der Waals surface area contributed by atoms with Crippen LogP contribution in [0.3, 0.4) is 0 Å². The molecule has 2 aromatic rings. The summed E-state index contributed by atoms with van der Waals surface area (Å²) in [6, 6.07) is 6.17. The summed E-state index contributed by atoms with van der Waals surface area (Å²) in [6.45, 7) is 0. The Morgan fingerprint density at radius 2 is 2.18 bits per heavy atom. The molecule has 0 radical (unpaired) electrons. The SMILES string of the molecule is O=C(CC1(O)CCCC1)Nc1nc(-c2cccc(F)c2)cs1. The number of aromatic nitrogens is 1. The van der Waals surface area contributed by atoms with Gasteiger partial charge in [-0.2, -0.15) is 0 Å². The van der Waals surface area contributed by atoms with E-state index in [0.717, 1.165) is 12.8 Å². The molecule has 1 aromatic heterocycles. The predicted octanol–water partition coefficient (Wildman–Crippen LogP) is 3.58. The Labute approximate surface area is 132 Å². The number of nitrogens with one attached hydrogen (secondary N) is 1. The zero-order valence-corrected chi connectivity index (χ0v) is 12.8. The fraction of sp³-hybridized carbons (Fsp3) is 0.375. The molecule has 0 aliphatic heterocycles. The summed E-state index contributed by atoms with van der Waals surface area (Å²) in [7, 11) is 0. The number of carbonyl (C=O) groups is 1. The number of hydrogen-bond donors (Lipinski definition) is 2. The summed E-state index contributed by atoms with van der Waals surface area (Å²) >= 11 is 1.29. The predicted molar refractivity (Wildman–Crippen MR) is 84.2 cm³/mol. The molecule has 22 heavy (non-hydrogen) atoms. The molecule has 1 aromatic carbocycles. The van der Waals surface area contributed by atoms with E-state index in [4.69, 9.17) is 0 Å². The van der Waals surface area contributed by atoms with Crippen LogP contribution in [0.1, 0.15) is 32.1 Å². The van der Waals surface area contributed by atoms with E-state index in [9.17, 15) is 14.3 Å². The maximum absolute atomic E-state index is 13.2. The van der Waals surface area contributed by atoms with E-state index in [1.807, 2.05) is 0 Å². The van der Waals surface area contributed by atoms with Gasteiger partial charge >= 0.3 is 0 Å². The molecule has 0 spiro atoms. The molecule has 1 aliphatic carbocycles. The summed E-state index contributed by atoms with van der Waals surface area (Å²) in [6.07, 6.45) is 3.37. The Morgan fingerprint density at radius 3 is 2.91 bits per heavy atom. The molecule has 1 aliphatic rings. The Hall–Kier alpha value is -1.79. The number of hydrogen-bond acceptors (Lipinski definition) is 4. The number of aliphatic hydroxyl groups is 1. The van der Waals surface area contributed by atoms with Gasteiger partial charge in [0.25, 0.3) is 0 Å². The van der Waals surface area contributed by atoms with E-state index >= 15 is 0 Å². The lowest BCUT2D eigenvalue weighted by atomic mass is 9.98. The zero-order valence-electron chi connectivity index (χ0n) is 12.0. The van der Waals surface area contributed by atoms with Crippen molar-refractivity contribution in [1.29, 1.82) is 0 Å². The van der Waals surface area contributed by atoms with Gasteiger partial charge in [0.15, 0.2) is 5.13 Å². The van der Waals surface area contributed by atoms with Gasteiger partial charge < -0.3 is 10.4 Å². The van der Waals surface area contributed by atoms with Crippen molar-refractivity contribution in [3.63, 3.8) is 0 Å².